The van der Waals surface area contributed by atoms with E-state index in [1.165, 1.54) is 12.0 Å². The first kappa shape index (κ1) is 11.6. The van der Waals surface area contributed by atoms with Gasteiger partial charge in [-0.2, -0.15) is 0 Å². The van der Waals surface area contributed by atoms with Gasteiger partial charge >= 0.3 is 0 Å². The van der Waals surface area contributed by atoms with Crippen LogP contribution in [0.2, 0.25) is 0 Å². The lowest BCUT2D eigenvalue weighted by atomic mass is 10.0. The van der Waals surface area contributed by atoms with Crippen molar-refractivity contribution in [3.63, 3.8) is 0 Å². The molecule has 1 fully saturated rings. The number of hydrogen-bond acceptors (Lipinski definition) is 2. The Balaban J connectivity index is 1.91. The van der Waals surface area contributed by atoms with Crippen LogP contribution < -0.4 is 0 Å². The van der Waals surface area contributed by atoms with Gasteiger partial charge in [-0.05, 0) is 38.5 Å². The van der Waals surface area contributed by atoms with Crippen LogP contribution in [0.4, 0.5) is 0 Å². The third kappa shape index (κ3) is 2.64. The summed E-state index contributed by atoms with van der Waals surface area (Å²) in [6.07, 6.45) is 9.38. The molecule has 16 heavy (non-hydrogen) atoms. The van der Waals surface area contributed by atoms with E-state index in [9.17, 15) is 9.90 Å². The van der Waals surface area contributed by atoms with E-state index in [1.54, 1.807) is 0 Å². The predicted molar refractivity (Wildman–Crippen MR) is 63.0 cm³/mol. The molecule has 0 radical (unpaired) electrons. The Hall–Kier alpha value is -0.830. The average molecular weight is 223 g/mol. The fourth-order valence-corrected chi connectivity index (χ4v) is 2.71. The predicted octanol–water partition coefficient (Wildman–Crippen LogP) is 1.86. The number of carbonyl (C=O) groups excluding carboxylic acids is 1. The maximum Gasteiger partial charge on any atom is 0.226 e. The number of piperidine rings is 1. The number of likely N-dealkylation sites (tertiary alicyclic amines) is 1. The number of rotatable bonds is 3. The van der Waals surface area contributed by atoms with Gasteiger partial charge in [0, 0.05) is 13.0 Å². The zero-order chi connectivity index (χ0) is 11.4. The first-order valence-corrected chi connectivity index (χ1v) is 6.39. The quantitative estimate of drug-likeness (QED) is 0.742. The summed E-state index contributed by atoms with van der Waals surface area (Å²) in [6.45, 7) is 0.947. The van der Waals surface area contributed by atoms with Crippen LogP contribution in [0.25, 0.3) is 0 Å². The molecule has 1 N–H and O–H groups in total. The zero-order valence-corrected chi connectivity index (χ0v) is 9.82. The number of aliphatic hydroxyl groups excluding tert-OH is 1. The minimum atomic E-state index is 0.0725. The molecule has 1 amide bonds. The molecule has 0 bridgehead atoms. The van der Waals surface area contributed by atoms with Gasteiger partial charge in [-0.1, -0.05) is 11.6 Å². The van der Waals surface area contributed by atoms with E-state index in [1.807, 2.05) is 4.90 Å². The molecule has 1 heterocycles. The summed E-state index contributed by atoms with van der Waals surface area (Å²) in [4.78, 5) is 14.0. The Morgan fingerprint density at radius 1 is 1.44 bits per heavy atom. The Kier molecular flexibility index (Phi) is 3.99. The smallest absolute Gasteiger partial charge is 0.226 e. The van der Waals surface area contributed by atoms with Gasteiger partial charge in [0.15, 0.2) is 0 Å². The second-order valence-electron chi connectivity index (χ2n) is 4.85. The first-order valence-electron chi connectivity index (χ1n) is 6.39. The number of aliphatic hydroxyl groups is 1. The van der Waals surface area contributed by atoms with Gasteiger partial charge in [-0.3, -0.25) is 4.79 Å². The molecule has 1 unspecified atom stereocenters. The lowest BCUT2D eigenvalue weighted by Gasteiger charge is -2.34. The van der Waals surface area contributed by atoms with Gasteiger partial charge in [0.1, 0.15) is 0 Å². The van der Waals surface area contributed by atoms with Crippen LogP contribution in [-0.4, -0.2) is 35.1 Å². The second-order valence-corrected chi connectivity index (χ2v) is 4.85. The van der Waals surface area contributed by atoms with Crippen LogP contribution in [0.5, 0.6) is 0 Å². The number of amides is 1. The van der Waals surface area contributed by atoms with Crippen LogP contribution in [-0.2, 0) is 4.79 Å². The van der Waals surface area contributed by atoms with Crippen molar-refractivity contribution < 1.29 is 9.90 Å². The fourth-order valence-electron chi connectivity index (χ4n) is 2.71. The molecule has 2 aliphatic rings. The number of allylic oxidation sites excluding steroid dienone is 1. The van der Waals surface area contributed by atoms with E-state index in [0.29, 0.717) is 6.42 Å². The summed E-state index contributed by atoms with van der Waals surface area (Å²) >= 11 is 0. The minimum Gasteiger partial charge on any atom is -0.394 e. The maximum atomic E-state index is 12.1. The molecule has 3 nitrogen and oxygen atoms in total. The van der Waals surface area contributed by atoms with Crippen molar-refractivity contribution in [3.05, 3.63) is 11.6 Å². The summed E-state index contributed by atoms with van der Waals surface area (Å²) in [5.41, 5.74) is 1.30. The monoisotopic (exact) mass is 223 g/mol. The van der Waals surface area contributed by atoms with Crippen LogP contribution in [0, 0.1) is 0 Å². The zero-order valence-electron chi connectivity index (χ0n) is 9.82. The highest BCUT2D eigenvalue weighted by Gasteiger charge is 2.26. The van der Waals surface area contributed by atoms with Gasteiger partial charge in [-0.25, -0.2) is 0 Å². The summed E-state index contributed by atoms with van der Waals surface area (Å²) < 4.78 is 0. The van der Waals surface area contributed by atoms with Crippen molar-refractivity contribution in [1.82, 2.24) is 4.90 Å². The van der Waals surface area contributed by atoms with Crippen LogP contribution >= 0.6 is 0 Å². The highest BCUT2D eigenvalue weighted by Crippen LogP contribution is 2.24. The van der Waals surface area contributed by atoms with Crippen molar-refractivity contribution in [3.8, 4) is 0 Å². The first-order chi connectivity index (χ1) is 7.81. The van der Waals surface area contributed by atoms with Gasteiger partial charge in [0.2, 0.25) is 5.91 Å². The molecular weight excluding hydrogens is 202 g/mol. The van der Waals surface area contributed by atoms with Crippen LogP contribution in [0.3, 0.4) is 0 Å². The summed E-state index contributed by atoms with van der Waals surface area (Å²) in [5.74, 6) is 0.215. The molecule has 0 aromatic carbocycles. The standard InChI is InChI=1S/C13H21NO2/c15-10-12-7-3-4-8-14(12)13(16)9-11-5-1-2-6-11/h5,12,15H,1-4,6-10H2. The molecule has 2 rings (SSSR count). The molecule has 1 aliphatic carbocycles. The van der Waals surface area contributed by atoms with E-state index in [2.05, 4.69) is 6.08 Å². The Morgan fingerprint density at radius 2 is 2.31 bits per heavy atom. The van der Waals surface area contributed by atoms with Crippen molar-refractivity contribution in [2.24, 2.45) is 0 Å². The molecule has 0 aromatic rings. The highest BCUT2D eigenvalue weighted by atomic mass is 16.3. The number of nitrogens with zero attached hydrogens (tertiary/aromatic N) is 1. The van der Waals surface area contributed by atoms with Gasteiger partial charge in [0.05, 0.1) is 12.6 Å². The molecule has 90 valence electrons. The lowest BCUT2D eigenvalue weighted by Crippen LogP contribution is -2.45. The van der Waals surface area contributed by atoms with E-state index in [-0.39, 0.29) is 18.6 Å². The second kappa shape index (κ2) is 5.48. The molecule has 3 heteroatoms. The normalized spacial score (nSPS) is 25.7. The van der Waals surface area contributed by atoms with Crippen molar-refractivity contribution >= 4 is 5.91 Å². The number of hydrogen-bond donors (Lipinski definition) is 1. The maximum absolute atomic E-state index is 12.1. The Labute approximate surface area is 97.1 Å². The third-order valence-corrected chi connectivity index (χ3v) is 3.67. The Bertz CT molecular complexity index is 286. The van der Waals surface area contributed by atoms with Crippen LogP contribution in [0.15, 0.2) is 11.6 Å². The van der Waals surface area contributed by atoms with Crippen molar-refractivity contribution in [2.45, 2.75) is 51.0 Å². The topological polar surface area (TPSA) is 40.5 Å². The van der Waals surface area contributed by atoms with E-state index < -0.39 is 0 Å². The molecular formula is C13H21NO2. The summed E-state index contributed by atoms with van der Waals surface area (Å²) in [6, 6.07) is 0.0725. The molecule has 1 aliphatic heterocycles. The number of carbonyl (C=O) groups is 1. The lowest BCUT2D eigenvalue weighted by molar-refractivity contribution is -0.135. The van der Waals surface area contributed by atoms with Crippen molar-refractivity contribution in [1.29, 1.82) is 0 Å². The molecule has 0 spiro atoms. The highest BCUT2D eigenvalue weighted by molar-refractivity contribution is 5.79. The largest absolute Gasteiger partial charge is 0.394 e. The molecule has 1 saturated heterocycles. The average Bonchev–Trinajstić information content (AvgIpc) is 2.81. The van der Waals surface area contributed by atoms with Gasteiger partial charge in [-0.15, -0.1) is 0 Å². The third-order valence-electron chi connectivity index (χ3n) is 3.67. The van der Waals surface area contributed by atoms with Gasteiger partial charge in [0.25, 0.3) is 0 Å². The fraction of sp³-hybridized carbons (Fsp3) is 0.769. The summed E-state index contributed by atoms with van der Waals surface area (Å²) in [5, 5.41) is 9.26. The van der Waals surface area contributed by atoms with Crippen LogP contribution in [0.1, 0.15) is 44.9 Å². The molecule has 1 atom stereocenters. The molecule has 0 saturated carbocycles. The van der Waals surface area contributed by atoms with E-state index >= 15 is 0 Å². The van der Waals surface area contributed by atoms with Crippen molar-refractivity contribution in [2.75, 3.05) is 13.2 Å². The van der Waals surface area contributed by atoms with E-state index in [0.717, 1.165) is 38.6 Å². The minimum absolute atomic E-state index is 0.0725. The van der Waals surface area contributed by atoms with Gasteiger partial charge < -0.3 is 10.0 Å². The summed E-state index contributed by atoms with van der Waals surface area (Å²) in [7, 11) is 0. The Morgan fingerprint density at radius 3 is 3.00 bits per heavy atom. The molecule has 0 aromatic heterocycles. The SMILES string of the molecule is O=C(CC1=CCCC1)N1CCCCC1CO. The van der Waals surface area contributed by atoms with E-state index in [4.69, 9.17) is 0 Å².